The number of hydrogen-bond donors (Lipinski definition) is 1. The van der Waals surface area contributed by atoms with E-state index >= 15 is 0 Å². The molecule has 0 spiro atoms. The molecule has 2 rings (SSSR count). The first kappa shape index (κ1) is 15.5. The van der Waals surface area contributed by atoms with Crippen LogP contribution >= 0.6 is 0 Å². The largest absolute Gasteiger partial charge is 0.463 e. The van der Waals surface area contributed by atoms with Gasteiger partial charge in [0.2, 0.25) is 0 Å². The summed E-state index contributed by atoms with van der Waals surface area (Å²) in [6.07, 6.45) is 3.85. The van der Waals surface area contributed by atoms with E-state index in [1.807, 2.05) is 0 Å². The van der Waals surface area contributed by atoms with Gasteiger partial charge in [-0.05, 0) is 65.1 Å². The van der Waals surface area contributed by atoms with Gasteiger partial charge in [0.15, 0.2) is 0 Å². The molecule has 1 aliphatic rings. The molecule has 1 saturated carbocycles. The zero-order valence-corrected chi connectivity index (χ0v) is 13.2. The second-order valence-electron chi connectivity index (χ2n) is 6.05. The topological polar surface area (TPSA) is 31.6 Å². The summed E-state index contributed by atoms with van der Waals surface area (Å²) in [7, 11) is 4.25. The molecule has 114 valence electrons. The molecule has 0 saturated heterocycles. The fourth-order valence-corrected chi connectivity index (χ4v) is 2.31. The van der Waals surface area contributed by atoms with Crippen LogP contribution in [0.5, 0.6) is 0 Å². The van der Waals surface area contributed by atoms with Crippen molar-refractivity contribution < 1.29 is 4.42 Å². The lowest BCUT2D eigenvalue weighted by Crippen LogP contribution is -2.26. The first-order valence-electron chi connectivity index (χ1n) is 7.85. The van der Waals surface area contributed by atoms with E-state index in [1.54, 1.807) is 0 Å². The molecule has 4 nitrogen and oxygen atoms in total. The Morgan fingerprint density at radius 3 is 2.60 bits per heavy atom. The number of nitrogens with one attached hydrogen (secondary N) is 1. The molecule has 1 aliphatic carbocycles. The Morgan fingerprint density at radius 1 is 1.20 bits per heavy atom. The van der Waals surface area contributed by atoms with Crippen LogP contribution in [0.3, 0.4) is 0 Å². The van der Waals surface area contributed by atoms with Crippen LogP contribution in [0.4, 0.5) is 0 Å². The van der Waals surface area contributed by atoms with Crippen molar-refractivity contribution >= 4 is 0 Å². The highest BCUT2D eigenvalue weighted by Gasteiger charge is 2.20. The van der Waals surface area contributed by atoms with E-state index in [9.17, 15) is 0 Å². The van der Waals surface area contributed by atoms with E-state index < -0.39 is 0 Å². The minimum absolute atomic E-state index is 0.738. The standard InChI is InChI=1S/C16H29N3O/c1-4-19(11-5-10-18(2)3)13-16-9-8-15(20-16)12-17-14-6-7-14/h8-9,14,17H,4-7,10-13H2,1-3H3. The summed E-state index contributed by atoms with van der Waals surface area (Å²) in [4.78, 5) is 4.68. The van der Waals surface area contributed by atoms with E-state index in [0.717, 1.165) is 50.3 Å². The predicted octanol–water partition coefficient (Wildman–Crippen LogP) is 2.31. The molecule has 0 bridgehead atoms. The van der Waals surface area contributed by atoms with Crippen LogP contribution in [0.1, 0.15) is 37.7 Å². The summed E-state index contributed by atoms with van der Waals surface area (Å²) in [5.74, 6) is 2.15. The van der Waals surface area contributed by atoms with Crippen LogP contribution < -0.4 is 5.32 Å². The summed E-state index contributed by atoms with van der Waals surface area (Å²) in [5, 5.41) is 3.49. The van der Waals surface area contributed by atoms with Crippen LogP contribution in [0.15, 0.2) is 16.5 Å². The Balaban J connectivity index is 1.71. The zero-order valence-electron chi connectivity index (χ0n) is 13.2. The number of hydrogen-bond acceptors (Lipinski definition) is 4. The third kappa shape index (κ3) is 5.65. The van der Waals surface area contributed by atoms with E-state index in [4.69, 9.17) is 4.42 Å². The molecule has 1 heterocycles. The van der Waals surface area contributed by atoms with Gasteiger partial charge in [-0.15, -0.1) is 0 Å². The lowest BCUT2D eigenvalue weighted by molar-refractivity contribution is 0.238. The van der Waals surface area contributed by atoms with Crippen LogP contribution in [-0.4, -0.2) is 49.6 Å². The second kappa shape index (κ2) is 7.81. The van der Waals surface area contributed by atoms with Crippen molar-refractivity contribution in [1.29, 1.82) is 0 Å². The highest BCUT2D eigenvalue weighted by Crippen LogP contribution is 2.20. The Labute approximate surface area is 123 Å². The Morgan fingerprint density at radius 2 is 1.95 bits per heavy atom. The average molecular weight is 279 g/mol. The maximum absolute atomic E-state index is 5.91. The van der Waals surface area contributed by atoms with Gasteiger partial charge in [-0.2, -0.15) is 0 Å². The van der Waals surface area contributed by atoms with Crippen molar-refractivity contribution in [3.8, 4) is 0 Å². The van der Waals surface area contributed by atoms with Gasteiger partial charge in [0.25, 0.3) is 0 Å². The van der Waals surface area contributed by atoms with Crippen molar-refractivity contribution in [3.05, 3.63) is 23.7 Å². The maximum atomic E-state index is 5.91. The van der Waals surface area contributed by atoms with Gasteiger partial charge in [-0.25, -0.2) is 0 Å². The molecular formula is C16H29N3O. The van der Waals surface area contributed by atoms with Crippen molar-refractivity contribution in [1.82, 2.24) is 15.1 Å². The monoisotopic (exact) mass is 279 g/mol. The lowest BCUT2D eigenvalue weighted by Gasteiger charge is -2.20. The van der Waals surface area contributed by atoms with Crippen molar-refractivity contribution in [3.63, 3.8) is 0 Å². The van der Waals surface area contributed by atoms with Crippen molar-refractivity contribution in [2.45, 2.75) is 45.3 Å². The molecule has 20 heavy (non-hydrogen) atoms. The predicted molar refractivity (Wildman–Crippen MR) is 82.7 cm³/mol. The van der Waals surface area contributed by atoms with Gasteiger partial charge in [-0.3, -0.25) is 4.90 Å². The smallest absolute Gasteiger partial charge is 0.118 e. The van der Waals surface area contributed by atoms with E-state index in [1.165, 1.54) is 19.3 Å². The number of nitrogens with zero attached hydrogens (tertiary/aromatic N) is 2. The van der Waals surface area contributed by atoms with Gasteiger partial charge in [0.1, 0.15) is 11.5 Å². The SMILES string of the molecule is CCN(CCCN(C)C)Cc1ccc(CNC2CC2)o1. The fraction of sp³-hybridized carbons (Fsp3) is 0.750. The van der Waals surface area contributed by atoms with Gasteiger partial charge >= 0.3 is 0 Å². The van der Waals surface area contributed by atoms with E-state index in [-0.39, 0.29) is 0 Å². The summed E-state index contributed by atoms with van der Waals surface area (Å²) in [5.41, 5.74) is 0. The molecule has 0 atom stereocenters. The average Bonchev–Trinajstić information content (AvgIpc) is 3.14. The highest BCUT2D eigenvalue weighted by molar-refractivity contribution is 5.07. The molecule has 4 heteroatoms. The summed E-state index contributed by atoms with van der Waals surface area (Å²) in [6, 6.07) is 4.97. The normalized spacial score (nSPS) is 15.4. The Hall–Kier alpha value is -0.840. The Bertz CT molecular complexity index is 385. The summed E-state index contributed by atoms with van der Waals surface area (Å²) >= 11 is 0. The molecule has 1 aromatic rings. The highest BCUT2D eigenvalue weighted by atomic mass is 16.3. The van der Waals surface area contributed by atoms with Crippen LogP contribution in [0.2, 0.25) is 0 Å². The molecule has 0 radical (unpaired) electrons. The second-order valence-corrected chi connectivity index (χ2v) is 6.05. The first-order valence-corrected chi connectivity index (χ1v) is 7.85. The minimum Gasteiger partial charge on any atom is -0.463 e. The third-order valence-corrected chi connectivity index (χ3v) is 3.77. The minimum atomic E-state index is 0.738. The first-order chi connectivity index (χ1) is 9.67. The molecular weight excluding hydrogens is 250 g/mol. The van der Waals surface area contributed by atoms with Gasteiger partial charge in [0, 0.05) is 6.04 Å². The van der Waals surface area contributed by atoms with Crippen molar-refractivity contribution in [2.75, 3.05) is 33.7 Å². The maximum Gasteiger partial charge on any atom is 0.118 e. The summed E-state index contributed by atoms with van der Waals surface area (Å²) < 4.78 is 5.91. The number of furan rings is 1. The quantitative estimate of drug-likeness (QED) is 0.712. The van der Waals surface area contributed by atoms with Gasteiger partial charge in [-0.1, -0.05) is 6.92 Å². The molecule has 1 aromatic heterocycles. The zero-order chi connectivity index (χ0) is 14.4. The molecule has 0 aromatic carbocycles. The van der Waals surface area contributed by atoms with Crippen LogP contribution in [0.25, 0.3) is 0 Å². The van der Waals surface area contributed by atoms with Gasteiger partial charge < -0.3 is 14.6 Å². The van der Waals surface area contributed by atoms with Crippen LogP contribution in [0, 0.1) is 0 Å². The lowest BCUT2D eigenvalue weighted by atomic mass is 10.3. The Kier molecular flexibility index (Phi) is 6.07. The van der Waals surface area contributed by atoms with Gasteiger partial charge in [0.05, 0.1) is 13.1 Å². The van der Waals surface area contributed by atoms with E-state index in [0.29, 0.717) is 0 Å². The van der Waals surface area contributed by atoms with Crippen molar-refractivity contribution in [2.24, 2.45) is 0 Å². The third-order valence-electron chi connectivity index (χ3n) is 3.77. The molecule has 0 unspecified atom stereocenters. The molecule has 1 fully saturated rings. The van der Waals surface area contributed by atoms with Crippen LogP contribution in [-0.2, 0) is 13.1 Å². The summed E-state index contributed by atoms with van der Waals surface area (Å²) in [6.45, 7) is 7.36. The fourth-order valence-electron chi connectivity index (χ4n) is 2.31. The molecule has 0 aliphatic heterocycles. The van der Waals surface area contributed by atoms with E-state index in [2.05, 4.69) is 48.3 Å². The molecule has 1 N–H and O–H groups in total. The molecule has 0 amide bonds. The number of rotatable bonds is 10.